The lowest BCUT2D eigenvalue weighted by atomic mass is 10.1. The number of fused-ring (bicyclic) bond motifs is 1. The summed E-state index contributed by atoms with van der Waals surface area (Å²) in [6.07, 6.45) is 0.0322. The van der Waals surface area contributed by atoms with Crippen molar-refractivity contribution >= 4 is 16.9 Å². The van der Waals surface area contributed by atoms with E-state index in [9.17, 15) is 4.79 Å². The first-order chi connectivity index (χ1) is 9.28. The minimum Gasteiger partial charge on any atom is -0.463 e. The molecule has 2 heterocycles. The lowest BCUT2D eigenvalue weighted by Crippen LogP contribution is -2.33. The Hall–Kier alpha value is -1.85. The van der Waals surface area contributed by atoms with E-state index in [1.807, 2.05) is 18.2 Å². The Morgan fingerprint density at radius 3 is 3.05 bits per heavy atom. The van der Waals surface area contributed by atoms with Gasteiger partial charge in [0.25, 0.3) is 0 Å². The molecule has 0 spiro atoms. The van der Waals surface area contributed by atoms with Crippen LogP contribution in [0.1, 0.15) is 22.2 Å². The molecule has 1 aromatic carbocycles. The van der Waals surface area contributed by atoms with Crippen LogP contribution < -0.4 is 5.32 Å². The first kappa shape index (κ1) is 12.2. The SMILES string of the molecule is COC(=O)c1cc2ccc(C3CNCCO3)cc2o1. The van der Waals surface area contributed by atoms with Crippen LogP contribution in [0, 0.1) is 0 Å². The third-order valence-electron chi connectivity index (χ3n) is 3.23. The zero-order valence-electron chi connectivity index (χ0n) is 10.6. The fourth-order valence-electron chi connectivity index (χ4n) is 2.23. The van der Waals surface area contributed by atoms with Gasteiger partial charge in [-0.05, 0) is 17.7 Å². The summed E-state index contributed by atoms with van der Waals surface area (Å²) in [5.41, 5.74) is 1.72. The molecule has 1 atom stereocenters. The maximum Gasteiger partial charge on any atom is 0.373 e. The van der Waals surface area contributed by atoms with Gasteiger partial charge in [0.1, 0.15) is 5.58 Å². The second-order valence-electron chi connectivity index (χ2n) is 4.46. The van der Waals surface area contributed by atoms with Crippen LogP contribution >= 0.6 is 0 Å². The van der Waals surface area contributed by atoms with E-state index in [2.05, 4.69) is 10.1 Å². The van der Waals surface area contributed by atoms with E-state index in [1.54, 1.807) is 6.07 Å². The lowest BCUT2D eigenvalue weighted by molar-refractivity contribution is 0.0277. The maximum atomic E-state index is 11.4. The van der Waals surface area contributed by atoms with E-state index in [1.165, 1.54) is 7.11 Å². The largest absolute Gasteiger partial charge is 0.463 e. The quantitative estimate of drug-likeness (QED) is 0.836. The topological polar surface area (TPSA) is 60.7 Å². The van der Waals surface area contributed by atoms with Gasteiger partial charge in [0.15, 0.2) is 0 Å². The third kappa shape index (κ3) is 2.34. The summed E-state index contributed by atoms with van der Waals surface area (Å²) < 4.78 is 15.8. The minimum atomic E-state index is -0.465. The van der Waals surface area contributed by atoms with Crippen molar-refractivity contribution in [3.05, 3.63) is 35.6 Å². The molecule has 100 valence electrons. The molecule has 0 radical (unpaired) electrons. The predicted molar refractivity (Wildman–Crippen MR) is 69.1 cm³/mol. The average molecular weight is 261 g/mol. The molecule has 5 heteroatoms. The van der Waals surface area contributed by atoms with E-state index in [0.29, 0.717) is 12.2 Å². The predicted octanol–water partition coefficient (Wildman–Crippen LogP) is 1.88. The van der Waals surface area contributed by atoms with Crippen LogP contribution in [0.15, 0.2) is 28.7 Å². The number of morpholine rings is 1. The fourth-order valence-corrected chi connectivity index (χ4v) is 2.23. The van der Waals surface area contributed by atoms with Gasteiger partial charge in [0.2, 0.25) is 5.76 Å². The van der Waals surface area contributed by atoms with Gasteiger partial charge in [-0.25, -0.2) is 4.79 Å². The van der Waals surface area contributed by atoms with Crippen LogP contribution in [-0.2, 0) is 9.47 Å². The number of methoxy groups -OCH3 is 1. The van der Waals surface area contributed by atoms with Gasteiger partial charge in [-0.2, -0.15) is 0 Å². The summed E-state index contributed by atoms with van der Waals surface area (Å²) in [7, 11) is 1.34. The molecule has 2 aromatic rings. The highest BCUT2D eigenvalue weighted by Crippen LogP contribution is 2.26. The molecule has 0 bridgehead atoms. The molecule has 1 aliphatic rings. The molecule has 1 saturated heterocycles. The summed E-state index contributed by atoms with van der Waals surface area (Å²) in [5.74, 6) is -0.245. The van der Waals surface area contributed by atoms with Crippen LogP contribution in [0.25, 0.3) is 11.0 Å². The van der Waals surface area contributed by atoms with Crippen molar-refractivity contribution in [2.24, 2.45) is 0 Å². The highest BCUT2D eigenvalue weighted by Gasteiger charge is 2.18. The third-order valence-corrected chi connectivity index (χ3v) is 3.23. The molecule has 5 nitrogen and oxygen atoms in total. The Kier molecular flexibility index (Phi) is 3.23. The van der Waals surface area contributed by atoms with Gasteiger partial charge in [-0.15, -0.1) is 0 Å². The van der Waals surface area contributed by atoms with E-state index in [-0.39, 0.29) is 11.9 Å². The Morgan fingerprint density at radius 1 is 1.42 bits per heavy atom. The first-order valence-corrected chi connectivity index (χ1v) is 6.22. The van der Waals surface area contributed by atoms with Crippen LogP contribution in [0.2, 0.25) is 0 Å². The number of carbonyl (C=O) groups is 1. The molecular weight excluding hydrogens is 246 g/mol. The average Bonchev–Trinajstić information content (AvgIpc) is 2.90. The van der Waals surface area contributed by atoms with Crippen molar-refractivity contribution in [2.45, 2.75) is 6.10 Å². The van der Waals surface area contributed by atoms with Gasteiger partial charge < -0.3 is 19.2 Å². The minimum absolute atomic E-state index is 0.0322. The second kappa shape index (κ2) is 5.03. The van der Waals surface area contributed by atoms with E-state index >= 15 is 0 Å². The van der Waals surface area contributed by atoms with Crippen molar-refractivity contribution < 1.29 is 18.7 Å². The molecule has 1 aliphatic heterocycles. The first-order valence-electron chi connectivity index (χ1n) is 6.22. The summed E-state index contributed by atoms with van der Waals surface area (Å²) >= 11 is 0. The number of esters is 1. The Morgan fingerprint density at radius 2 is 2.32 bits per heavy atom. The van der Waals surface area contributed by atoms with E-state index in [4.69, 9.17) is 9.15 Å². The molecule has 1 aromatic heterocycles. The van der Waals surface area contributed by atoms with E-state index in [0.717, 1.165) is 24.0 Å². The summed E-state index contributed by atoms with van der Waals surface area (Å²) in [5, 5.41) is 4.17. The molecule has 1 unspecified atom stereocenters. The molecule has 0 amide bonds. The number of benzene rings is 1. The Bertz CT molecular complexity index is 599. The number of rotatable bonds is 2. The summed E-state index contributed by atoms with van der Waals surface area (Å²) in [4.78, 5) is 11.4. The highest BCUT2D eigenvalue weighted by atomic mass is 16.5. The standard InChI is InChI=1S/C14H15NO4/c1-17-14(16)12-7-9-2-3-10(6-11(9)19-12)13-8-15-4-5-18-13/h2-3,6-7,13,15H,4-5,8H2,1H3. The van der Waals surface area contributed by atoms with Crippen molar-refractivity contribution in [1.29, 1.82) is 0 Å². The van der Waals surface area contributed by atoms with Gasteiger partial charge >= 0.3 is 5.97 Å². The molecular formula is C14H15NO4. The lowest BCUT2D eigenvalue weighted by Gasteiger charge is -2.23. The van der Waals surface area contributed by atoms with Gasteiger partial charge in [-0.1, -0.05) is 12.1 Å². The normalized spacial score (nSPS) is 19.5. The Balaban J connectivity index is 1.93. The van der Waals surface area contributed by atoms with Crippen molar-refractivity contribution in [2.75, 3.05) is 26.8 Å². The van der Waals surface area contributed by atoms with Gasteiger partial charge in [0, 0.05) is 18.5 Å². The van der Waals surface area contributed by atoms with Gasteiger partial charge in [0.05, 0.1) is 19.8 Å². The van der Waals surface area contributed by atoms with Crippen LogP contribution in [0.5, 0.6) is 0 Å². The highest BCUT2D eigenvalue weighted by molar-refractivity contribution is 5.92. The van der Waals surface area contributed by atoms with E-state index < -0.39 is 5.97 Å². The van der Waals surface area contributed by atoms with Gasteiger partial charge in [-0.3, -0.25) is 0 Å². The zero-order valence-corrected chi connectivity index (χ0v) is 10.6. The molecule has 1 N–H and O–H groups in total. The van der Waals surface area contributed by atoms with Crippen LogP contribution in [0.3, 0.4) is 0 Å². The zero-order chi connectivity index (χ0) is 13.2. The fraction of sp³-hybridized carbons (Fsp3) is 0.357. The smallest absolute Gasteiger partial charge is 0.373 e. The summed E-state index contributed by atoms with van der Waals surface area (Å²) in [6.45, 7) is 2.37. The number of hydrogen-bond donors (Lipinski definition) is 1. The van der Waals surface area contributed by atoms with Crippen molar-refractivity contribution in [1.82, 2.24) is 5.32 Å². The summed E-state index contributed by atoms with van der Waals surface area (Å²) in [6, 6.07) is 7.53. The monoisotopic (exact) mass is 261 g/mol. The van der Waals surface area contributed by atoms with Crippen LogP contribution in [0.4, 0.5) is 0 Å². The number of carbonyl (C=O) groups excluding carboxylic acids is 1. The number of ether oxygens (including phenoxy) is 2. The maximum absolute atomic E-state index is 11.4. The molecule has 1 fully saturated rings. The Labute approximate surface area is 110 Å². The molecule has 0 aliphatic carbocycles. The van der Waals surface area contributed by atoms with Crippen molar-refractivity contribution in [3.8, 4) is 0 Å². The number of nitrogens with one attached hydrogen (secondary N) is 1. The van der Waals surface area contributed by atoms with Crippen molar-refractivity contribution in [3.63, 3.8) is 0 Å². The molecule has 19 heavy (non-hydrogen) atoms. The molecule has 0 saturated carbocycles. The second-order valence-corrected chi connectivity index (χ2v) is 4.46. The number of furan rings is 1. The van der Waals surface area contributed by atoms with Crippen LogP contribution in [-0.4, -0.2) is 32.8 Å². The number of hydrogen-bond acceptors (Lipinski definition) is 5. The molecule has 3 rings (SSSR count).